The summed E-state index contributed by atoms with van der Waals surface area (Å²) in [6.45, 7) is 15.9. The summed E-state index contributed by atoms with van der Waals surface area (Å²) >= 11 is 0. The van der Waals surface area contributed by atoms with Crippen LogP contribution < -0.4 is 4.90 Å². The van der Waals surface area contributed by atoms with Crippen LogP contribution in [-0.2, 0) is 19.1 Å². The first-order valence-electron chi connectivity index (χ1n) is 14.7. The van der Waals surface area contributed by atoms with Crippen molar-refractivity contribution in [1.82, 2.24) is 9.80 Å². The monoisotopic (exact) mass is 551 g/mol. The average Bonchev–Trinajstić information content (AvgIpc) is 3.57. The van der Waals surface area contributed by atoms with E-state index in [9.17, 15) is 19.5 Å². The van der Waals surface area contributed by atoms with Gasteiger partial charge in [-0.1, -0.05) is 50.6 Å². The van der Waals surface area contributed by atoms with E-state index in [1.165, 1.54) is 4.90 Å². The summed E-state index contributed by atoms with van der Waals surface area (Å²) in [6.07, 6.45) is 6.72. The lowest BCUT2D eigenvalue weighted by molar-refractivity contribution is -0.156. The van der Waals surface area contributed by atoms with Crippen LogP contribution in [0.1, 0.15) is 59.8 Å². The maximum absolute atomic E-state index is 14.5. The number of hydrogen-bond donors (Lipinski definition) is 1. The van der Waals surface area contributed by atoms with Crippen LogP contribution in [0.3, 0.4) is 0 Å². The molecule has 3 aliphatic heterocycles. The molecule has 3 heterocycles. The lowest BCUT2D eigenvalue weighted by Gasteiger charge is -2.40. The van der Waals surface area contributed by atoms with Crippen LogP contribution in [0.2, 0.25) is 0 Å². The SMILES string of the molecule is C=CCN(C(=O)[C@H]1[C@H]2C(=O)N([C@H](C)CO)C(C(=O)N(CC=C)C(C)CCC)C23CC[C@]1(CC)O3)c1ccccc1. The molecule has 1 aromatic carbocycles. The van der Waals surface area contributed by atoms with Crippen molar-refractivity contribution in [3.05, 3.63) is 55.6 Å². The smallest absolute Gasteiger partial charge is 0.248 e. The van der Waals surface area contributed by atoms with Crippen LogP contribution in [0.4, 0.5) is 5.69 Å². The molecule has 3 unspecified atom stereocenters. The minimum absolute atomic E-state index is 0.0651. The zero-order chi connectivity index (χ0) is 29.2. The molecule has 1 spiro atoms. The Hall–Kier alpha value is -2.97. The summed E-state index contributed by atoms with van der Waals surface area (Å²) < 4.78 is 6.92. The molecule has 8 heteroatoms. The first-order valence-corrected chi connectivity index (χ1v) is 14.7. The van der Waals surface area contributed by atoms with Crippen molar-refractivity contribution in [2.24, 2.45) is 11.8 Å². The minimum atomic E-state index is -1.14. The third kappa shape index (κ3) is 4.59. The highest BCUT2D eigenvalue weighted by atomic mass is 16.5. The Morgan fingerprint density at radius 2 is 1.80 bits per heavy atom. The van der Waals surface area contributed by atoms with Gasteiger partial charge in [-0.25, -0.2) is 0 Å². The topological polar surface area (TPSA) is 90.4 Å². The van der Waals surface area contributed by atoms with Crippen molar-refractivity contribution in [1.29, 1.82) is 0 Å². The van der Waals surface area contributed by atoms with Gasteiger partial charge in [-0.15, -0.1) is 13.2 Å². The second kappa shape index (κ2) is 11.9. The zero-order valence-corrected chi connectivity index (χ0v) is 24.4. The molecule has 3 aliphatic rings. The molecule has 0 radical (unpaired) electrons. The van der Waals surface area contributed by atoms with Crippen molar-refractivity contribution >= 4 is 23.4 Å². The van der Waals surface area contributed by atoms with Crippen LogP contribution in [0.25, 0.3) is 0 Å². The third-order valence-electron chi connectivity index (χ3n) is 9.35. The van der Waals surface area contributed by atoms with E-state index in [2.05, 4.69) is 20.1 Å². The molecule has 3 saturated heterocycles. The Labute approximate surface area is 238 Å². The van der Waals surface area contributed by atoms with Gasteiger partial charge in [0.25, 0.3) is 0 Å². The van der Waals surface area contributed by atoms with E-state index in [4.69, 9.17) is 4.74 Å². The summed E-state index contributed by atoms with van der Waals surface area (Å²) in [7, 11) is 0. The van der Waals surface area contributed by atoms with Crippen molar-refractivity contribution in [2.45, 2.75) is 89.1 Å². The number of anilines is 1. The number of benzene rings is 1. The number of aliphatic hydroxyl groups is 1. The van der Waals surface area contributed by atoms with E-state index in [0.29, 0.717) is 25.8 Å². The predicted molar refractivity (Wildman–Crippen MR) is 156 cm³/mol. The van der Waals surface area contributed by atoms with Gasteiger partial charge in [-0.2, -0.15) is 0 Å². The fourth-order valence-electron chi connectivity index (χ4n) is 7.46. The largest absolute Gasteiger partial charge is 0.394 e. The number of hydrogen-bond acceptors (Lipinski definition) is 5. The lowest BCUT2D eigenvalue weighted by Crippen LogP contribution is -2.59. The van der Waals surface area contributed by atoms with E-state index in [0.717, 1.165) is 18.5 Å². The van der Waals surface area contributed by atoms with Crippen LogP contribution in [0.5, 0.6) is 0 Å². The molecule has 0 aromatic heterocycles. The summed E-state index contributed by atoms with van der Waals surface area (Å²) in [6, 6.07) is 7.78. The molecule has 40 heavy (non-hydrogen) atoms. The number of ether oxygens (including phenoxy) is 1. The molecule has 3 amide bonds. The minimum Gasteiger partial charge on any atom is -0.394 e. The number of aliphatic hydroxyl groups excluding tert-OH is 1. The van der Waals surface area contributed by atoms with Crippen molar-refractivity contribution in [3.8, 4) is 0 Å². The van der Waals surface area contributed by atoms with Gasteiger partial charge in [0.1, 0.15) is 11.6 Å². The second-order valence-electron chi connectivity index (χ2n) is 11.6. The number of nitrogens with zero attached hydrogens (tertiary/aromatic N) is 3. The summed E-state index contributed by atoms with van der Waals surface area (Å²) in [5, 5.41) is 10.2. The molecule has 1 aromatic rings. The summed E-state index contributed by atoms with van der Waals surface area (Å²) in [5.74, 6) is -2.27. The molecule has 7 atom stereocenters. The van der Waals surface area contributed by atoms with Gasteiger partial charge in [0.15, 0.2) is 0 Å². The van der Waals surface area contributed by atoms with Gasteiger partial charge in [0.05, 0.1) is 30.1 Å². The molecule has 1 N–H and O–H groups in total. The van der Waals surface area contributed by atoms with Gasteiger partial charge in [-0.05, 0) is 51.7 Å². The van der Waals surface area contributed by atoms with E-state index in [1.807, 2.05) is 44.2 Å². The number of carbonyl (C=O) groups excluding carboxylic acids is 3. The second-order valence-corrected chi connectivity index (χ2v) is 11.6. The Bertz CT molecular complexity index is 1120. The molecule has 218 valence electrons. The quantitative estimate of drug-likeness (QED) is 0.375. The van der Waals surface area contributed by atoms with Gasteiger partial charge >= 0.3 is 0 Å². The number of para-hydroxylation sites is 1. The molecule has 3 fully saturated rings. The Balaban J connectivity index is 1.84. The Morgan fingerprint density at radius 3 is 2.38 bits per heavy atom. The standard InChI is InChI=1S/C32H45N3O5/c1-7-14-22(5)33(19-8-2)30(39)27-32-18-17-31(10-4,40-32)25(26(32)29(38)35(27)23(6)21-36)28(37)34(20-9-3)24-15-12-11-13-16-24/h8-9,11-13,15-16,22-23,25-27,36H,2-3,7,10,14,17-21H2,1,4-6H3/t22?,23-,25-,26+,27?,31+,32?/m1/s1. The molecular formula is C32H45N3O5. The molecule has 8 nitrogen and oxygen atoms in total. The average molecular weight is 552 g/mol. The maximum atomic E-state index is 14.5. The van der Waals surface area contributed by atoms with Crippen molar-refractivity contribution in [2.75, 3.05) is 24.6 Å². The van der Waals surface area contributed by atoms with E-state index in [1.54, 1.807) is 28.9 Å². The predicted octanol–water partition coefficient (Wildman–Crippen LogP) is 3.94. The molecule has 0 aliphatic carbocycles. The van der Waals surface area contributed by atoms with Crippen LogP contribution in [0.15, 0.2) is 55.6 Å². The number of carbonyl (C=O) groups is 3. The first kappa shape index (κ1) is 30.0. The molecule has 0 saturated carbocycles. The zero-order valence-electron chi connectivity index (χ0n) is 24.4. The number of rotatable bonds is 13. The van der Waals surface area contributed by atoms with Crippen LogP contribution >= 0.6 is 0 Å². The van der Waals surface area contributed by atoms with Gasteiger partial charge in [0, 0.05) is 24.8 Å². The molecule has 4 rings (SSSR count). The first-order chi connectivity index (χ1) is 19.2. The van der Waals surface area contributed by atoms with Crippen LogP contribution in [-0.4, -0.2) is 81.7 Å². The third-order valence-corrected chi connectivity index (χ3v) is 9.35. The highest BCUT2D eigenvalue weighted by molar-refractivity contribution is 6.03. The maximum Gasteiger partial charge on any atom is 0.248 e. The highest BCUT2D eigenvalue weighted by Gasteiger charge is 2.79. The van der Waals surface area contributed by atoms with Crippen molar-refractivity contribution in [3.63, 3.8) is 0 Å². The van der Waals surface area contributed by atoms with E-state index >= 15 is 0 Å². The number of likely N-dealkylation sites (tertiary alicyclic amines) is 1. The fraction of sp³-hybridized carbons (Fsp3) is 0.594. The van der Waals surface area contributed by atoms with Gasteiger partial charge in [-0.3, -0.25) is 14.4 Å². The molecular weight excluding hydrogens is 506 g/mol. The summed E-state index contributed by atoms with van der Waals surface area (Å²) in [4.78, 5) is 48.4. The molecule has 2 bridgehead atoms. The highest BCUT2D eigenvalue weighted by Crippen LogP contribution is 2.65. The van der Waals surface area contributed by atoms with Crippen molar-refractivity contribution < 1.29 is 24.2 Å². The van der Waals surface area contributed by atoms with Crippen LogP contribution in [0, 0.1) is 11.8 Å². The Kier molecular flexibility index (Phi) is 8.90. The van der Waals surface area contributed by atoms with E-state index < -0.39 is 35.1 Å². The normalized spacial score (nSPS) is 30.1. The fourth-order valence-corrected chi connectivity index (χ4v) is 7.46. The number of amides is 3. The van der Waals surface area contributed by atoms with Gasteiger partial charge in [0.2, 0.25) is 17.7 Å². The Morgan fingerprint density at radius 1 is 1.12 bits per heavy atom. The summed E-state index contributed by atoms with van der Waals surface area (Å²) in [5.41, 5.74) is -1.27. The van der Waals surface area contributed by atoms with E-state index in [-0.39, 0.29) is 36.9 Å². The lowest BCUT2D eigenvalue weighted by atomic mass is 9.64. The van der Waals surface area contributed by atoms with Gasteiger partial charge < -0.3 is 24.5 Å². The number of fused-ring (bicyclic) bond motifs is 1.